The zero-order valence-electron chi connectivity index (χ0n) is 20.1. The standard InChI is InChI=1S/C27H35N5O2/c1-2-29-15-16-34-26(19-29)21-5-3-20(4-6-21)23-17-25-24(9-10-28-32(25)18-23)30-11-13-31(14-12-30)27(33)22-7-8-22/h3-6,9-10,18,22,25-26H,2,7-8,11-17,19H2,1H3. The maximum atomic E-state index is 12.4. The van der Waals surface area contributed by atoms with Gasteiger partial charge in [-0.05, 0) is 42.2 Å². The first-order valence-electron chi connectivity index (χ1n) is 12.9. The Morgan fingerprint density at radius 3 is 2.62 bits per heavy atom. The van der Waals surface area contributed by atoms with Gasteiger partial charge in [0.2, 0.25) is 5.91 Å². The third-order valence-corrected chi connectivity index (χ3v) is 7.94. The molecule has 4 aliphatic heterocycles. The van der Waals surface area contributed by atoms with Crippen LogP contribution in [0.25, 0.3) is 5.57 Å². The Hall–Kier alpha value is -2.64. The lowest BCUT2D eigenvalue weighted by Crippen LogP contribution is -2.51. The number of hydrogen-bond acceptors (Lipinski definition) is 6. The van der Waals surface area contributed by atoms with E-state index in [1.165, 1.54) is 22.4 Å². The van der Waals surface area contributed by atoms with Crippen LogP contribution >= 0.6 is 0 Å². The van der Waals surface area contributed by atoms with E-state index in [1.54, 1.807) is 0 Å². The average Bonchev–Trinajstić information content (AvgIpc) is 3.66. The first-order chi connectivity index (χ1) is 16.7. The van der Waals surface area contributed by atoms with Crippen LogP contribution in [0.2, 0.25) is 0 Å². The summed E-state index contributed by atoms with van der Waals surface area (Å²) >= 11 is 0. The van der Waals surface area contributed by atoms with Gasteiger partial charge in [-0.25, -0.2) is 0 Å². The van der Waals surface area contributed by atoms with Crippen LogP contribution in [0.15, 0.2) is 47.3 Å². The molecule has 0 radical (unpaired) electrons. The lowest BCUT2D eigenvalue weighted by Gasteiger charge is -2.41. The molecular weight excluding hydrogens is 426 g/mol. The molecule has 0 aromatic heterocycles. The second-order valence-electron chi connectivity index (χ2n) is 10.1. The van der Waals surface area contributed by atoms with Gasteiger partial charge >= 0.3 is 0 Å². The fourth-order valence-corrected chi connectivity index (χ4v) is 5.64. The number of fused-ring (bicyclic) bond motifs is 1. The highest BCUT2D eigenvalue weighted by Crippen LogP contribution is 2.37. The number of allylic oxidation sites excluding steroid dienone is 1. The molecule has 0 N–H and O–H groups in total. The van der Waals surface area contributed by atoms with Crippen molar-refractivity contribution >= 4 is 17.7 Å². The molecular formula is C27H35N5O2. The van der Waals surface area contributed by atoms with E-state index in [0.29, 0.717) is 11.8 Å². The molecule has 1 aromatic carbocycles. The molecule has 7 heteroatoms. The topological polar surface area (TPSA) is 51.6 Å². The Labute approximate surface area is 202 Å². The zero-order valence-corrected chi connectivity index (χ0v) is 20.1. The highest BCUT2D eigenvalue weighted by molar-refractivity contribution is 5.81. The Morgan fingerprint density at radius 2 is 1.88 bits per heavy atom. The van der Waals surface area contributed by atoms with E-state index < -0.39 is 0 Å². The van der Waals surface area contributed by atoms with Crippen LogP contribution in [0, 0.1) is 5.92 Å². The highest BCUT2D eigenvalue weighted by Gasteiger charge is 2.37. The van der Waals surface area contributed by atoms with E-state index >= 15 is 0 Å². The zero-order chi connectivity index (χ0) is 23.1. The number of carbonyl (C=O) groups is 1. The van der Waals surface area contributed by atoms with Crippen molar-refractivity contribution in [3.8, 4) is 0 Å². The van der Waals surface area contributed by atoms with Crippen molar-refractivity contribution < 1.29 is 9.53 Å². The van der Waals surface area contributed by atoms with Crippen LogP contribution in [-0.4, -0.2) is 90.3 Å². The monoisotopic (exact) mass is 461 g/mol. The Balaban J connectivity index is 1.10. The van der Waals surface area contributed by atoms with Gasteiger partial charge in [-0.1, -0.05) is 31.2 Å². The lowest BCUT2D eigenvalue weighted by atomic mass is 9.97. The molecule has 0 spiro atoms. The van der Waals surface area contributed by atoms with Gasteiger partial charge in [0.05, 0.1) is 18.8 Å². The van der Waals surface area contributed by atoms with E-state index in [-0.39, 0.29) is 12.1 Å². The number of hydrazone groups is 1. The number of carbonyl (C=O) groups excluding carboxylic acids is 1. The van der Waals surface area contributed by atoms with Gasteiger partial charge in [-0.2, -0.15) is 5.10 Å². The summed E-state index contributed by atoms with van der Waals surface area (Å²) in [6, 6.07) is 9.18. The van der Waals surface area contributed by atoms with Gasteiger partial charge in [-0.15, -0.1) is 0 Å². The van der Waals surface area contributed by atoms with Crippen LogP contribution in [0.5, 0.6) is 0 Å². The van der Waals surface area contributed by atoms with Gasteiger partial charge < -0.3 is 14.5 Å². The molecule has 1 aliphatic carbocycles. The molecule has 4 heterocycles. The summed E-state index contributed by atoms with van der Waals surface area (Å²) in [7, 11) is 0. The molecule has 1 saturated carbocycles. The fourth-order valence-electron chi connectivity index (χ4n) is 5.64. The van der Waals surface area contributed by atoms with Gasteiger partial charge in [-0.3, -0.25) is 14.7 Å². The number of benzene rings is 1. The Kier molecular flexibility index (Phi) is 5.91. The smallest absolute Gasteiger partial charge is 0.225 e. The summed E-state index contributed by atoms with van der Waals surface area (Å²) in [5, 5.41) is 6.75. The van der Waals surface area contributed by atoms with Crippen LogP contribution in [0.3, 0.4) is 0 Å². The van der Waals surface area contributed by atoms with Gasteiger partial charge in [0.25, 0.3) is 0 Å². The van der Waals surface area contributed by atoms with Crippen LogP contribution in [-0.2, 0) is 9.53 Å². The summed E-state index contributed by atoms with van der Waals surface area (Å²) in [6.45, 7) is 9.56. The largest absolute Gasteiger partial charge is 0.371 e. The predicted octanol–water partition coefficient (Wildman–Crippen LogP) is 2.93. The summed E-state index contributed by atoms with van der Waals surface area (Å²) in [5.41, 5.74) is 5.17. The van der Waals surface area contributed by atoms with Crippen molar-refractivity contribution in [2.75, 3.05) is 52.4 Å². The first kappa shape index (κ1) is 21.9. The average molecular weight is 462 g/mol. The van der Waals surface area contributed by atoms with E-state index in [9.17, 15) is 4.79 Å². The molecule has 2 unspecified atom stereocenters. The Bertz CT molecular complexity index is 1000. The SMILES string of the molecule is CCN1CCOC(c2ccc(C3=CN4N=CC=C(N5CCN(C(=O)C6CC6)CC5)C4C3)cc2)C1. The quantitative estimate of drug-likeness (QED) is 0.675. The number of amides is 1. The van der Waals surface area contributed by atoms with Crippen molar-refractivity contribution in [3.05, 3.63) is 53.4 Å². The molecule has 180 valence electrons. The maximum Gasteiger partial charge on any atom is 0.225 e. The number of morpholine rings is 1. The normalized spacial score (nSPS) is 27.5. The van der Waals surface area contributed by atoms with Crippen LogP contribution < -0.4 is 0 Å². The van der Waals surface area contributed by atoms with Crippen molar-refractivity contribution in [2.45, 2.75) is 38.3 Å². The molecule has 0 bridgehead atoms. The van der Waals surface area contributed by atoms with Crippen molar-refractivity contribution in [1.29, 1.82) is 0 Å². The minimum Gasteiger partial charge on any atom is -0.371 e. The minimum atomic E-state index is 0.163. The predicted molar refractivity (Wildman–Crippen MR) is 133 cm³/mol. The number of piperazine rings is 1. The van der Waals surface area contributed by atoms with Crippen molar-refractivity contribution in [3.63, 3.8) is 0 Å². The second-order valence-corrected chi connectivity index (χ2v) is 10.1. The number of hydrogen-bond donors (Lipinski definition) is 0. The molecule has 6 rings (SSSR count). The van der Waals surface area contributed by atoms with E-state index in [1.807, 2.05) is 6.21 Å². The van der Waals surface area contributed by atoms with E-state index in [2.05, 4.69) is 68.3 Å². The minimum absolute atomic E-state index is 0.163. The van der Waals surface area contributed by atoms with Gasteiger partial charge in [0.15, 0.2) is 0 Å². The lowest BCUT2D eigenvalue weighted by molar-refractivity contribution is -0.134. The van der Waals surface area contributed by atoms with Crippen LogP contribution in [0.4, 0.5) is 0 Å². The number of nitrogens with zero attached hydrogens (tertiary/aromatic N) is 5. The molecule has 2 saturated heterocycles. The third kappa shape index (κ3) is 4.27. The van der Waals surface area contributed by atoms with Crippen molar-refractivity contribution in [1.82, 2.24) is 19.7 Å². The maximum absolute atomic E-state index is 12.4. The molecule has 1 amide bonds. The summed E-state index contributed by atoms with van der Waals surface area (Å²) in [4.78, 5) is 19.4. The highest BCUT2D eigenvalue weighted by atomic mass is 16.5. The first-order valence-corrected chi connectivity index (χ1v) is 12.9. The number of ether oxygens (including phenoxy) is 1. The summed E-state index contributed by atoms with van der Waals surface area (Å²) < 4.78 is 6.04. The summed E-state index contributed by atoms with van der Waals surface area (Å²) in [5.74, 6) is 0.682. The number of rotatable bonds is 5. The Morgan fingerprint density at radius 1 is 1.09 bits per heavy atom. The van der Waals surface area contributed by atoms with Gasteiger partial charge in [0, 0.05) is 69.7 Å². The summed E-state index contributed by atoms with van der Waals surface area (Å²) in [6.07, 6.45) is 9.56. The van der Waals surface area contributed by atoms with E-state index in [4.69, 9.17) is 4.74 Å². The van der Waals surface area contributed by atoms with Gasteiger partial charge in [0.1, 0.15) is 0 Å². The molecule has 1 aromatic rings. The van der Waals surface area contributed by atoms with Crippen LogP contribution in [0.1, 0.15) is 43.4 Å². The second kappa shape index (κ2) is 9.19. The molecule has 2 atom stereocenters. The van der Waals surface area contributed by atoms with E-state index in [0.717, 1.165) is 71.7 Å². The molecule has 7 nitrogen and oxygen atoms in total. The number of likely N-dealkylation sites (N-methyl/N-ethyl adjacent to an activating group) is 1. The molecule has 5 aliphatic rings. The third-order valence-electron chi connectivity index (χ3n) is 7.94. The fraction of sp³-hybridized carbons (Fsp3) is 0.556. The molecule has 34 heavy (non-hydrogen) atoms. The van der Waals surface area contributed by atoms with Crippen molar-refractivity contribution in [2.24, 2.45) is 11.0 Å². The molecule has 3 fully saturated rings.